The zero-order valence-corrected chi connectivity index (χ0v) is 12.0. The van der Waals surface area contributed by atoms with Crippen LogP contribution in [0.3, 0.4) is 0 Å². The summed E-state index contributed by atoms with van der Waals surface area (Å²) in [4.78, 5) is 11.6. The fourth-order valence-corrected chi connectivity index (χ4v) is 2.74. The van der Waals surface area contributed by atoms with Crippen molar-refractivity contribution in [3.05, 3.63) is 11.8 Å². The number of carbonyl (C=O) groups excluding carboxylic acids is 1. The highest BCUT2D eigenvalue weighted by atomic mass is 35.7. The van der Waals surface area contributed by atoms with Crippen molar-refractivity contribution in [3.8, 4) is 0 Å². The molecule has 0 aliphatic carbocycles. The largest absolute Gasteiger partial charge is 0.462 e. The first-order valence-corrected chi connectivity index (χ1v) is 7.83. The van der Waals surface area contributed by atoms with E-state index < -0.39 is 15.0 Å². The molecule has 0 amide bonds. The lowest BCUT2D eigenvalue weighted by Gasteiger charge is -2.12. The van der Waals surface area contributed by atoms with Crippen LogP contribution in [-0.2, 0) is 13.8 Å². The first-order chi connectivity index (χ1) is 8.32. The summed E-state index contributed by atoms with van der Waals surface area (Å²) in [5.41, 5.74) is -0.132. The van der Waals surface area contributed by atoms with Crippen molar-refractivity contribution >= 4 is 25.7 Å². The van der Waals surface area contributed by atoms with Gasteiger partial charge in [0.05, 0.1) is 18.8 Å². The van der Waals surface area contributed by atoms with Crippen LogP contribution in [0, 0.1) is 0 Å². The number of rotatable bonds is 5. The quantitative estimate of drug-likeness (QED) is 0.613. The van der Waals surface area contributed by atoms with Crippen molar-refractivity contribution in [1.82, 2.24) is 9.78 Å². The third kappa shape index (κ3) is 3.02. The smallest absolute Gasteiger partial charge is 0.342 e. The van der Waals surface area contributed by atoms with Gasteiger partial charge in [0.25, 0.3) is 9.05 Å². The molecule has 102 valence electrons. The van der Waals surface area contributed by atoms with Crippen LogP contribution in [0.5, 0.6) is 0 Å². The van der Waals surface area contributed by atoms with Gasteiger partial charge < -0.3 is 4.74 Å². The maximum absolute atomic E-state index is 11.6. The Hall–Kier alpha value is -1.08. The number of ether oxygens (including phenoxy) is 1. The summed E-state index contributed by atoms with van der Waals surface area (Å²) >= 11 is 0. The molecule has 0 aliphatic rings. The second-order valence-electron chi connectivity index (χ2n) is 3.72. The van der Waals surface area contributed by atoms with Crippen LogP contribution in [-0.4, -0.2) is 30.8 Å². The molecule has 1 rings (SSSR count). The average molecular weight is 295 g/mol. The fourth-order valence-electron chi connectivity index (χ4n) is 1.43. The molecule has 1 unspecified atom stereocenters. The predicted octanol–water partition coefficient (Wildman–Crippen LogP) is 1.96. The molecule has 0 radical (unpaired) electrons. The second-order valence-corrected chi connectivity index (χ2v) is 6.20. The molecule has 1 aromatic rings. The highest BCUT2D eigenvalue weighted by Gasteiger charge is 2.29. The number of nitrogens with zero attached hydrogens (tertiary/aromatic N) is 2. The first kappa shape index (κ1) is 15.0. The minimum absolute atomic E-state index is 0.132. The van der Waals surface area contributed by atoms with E-state index in [-0.39, 0.29) is 23.2 Å². The topological polar surface area (TPSA) is 78.3 Å². The molecule has 0 spiro atoms. The van der Waals surface area contributed by atoms with E-state index in [1.807, 2.05) is 6.92 Å². The molecule has 0 aliphatic heterocycles. The lowest BCUT2D eigenvalue weighted by molar-refractivity contribution is 0.0521. The van der Waals surface area contributed by atoms with Crippen LogP contribution in [0.1, 0.15) is 43.6 Å². The zero-order chi connectivity index (χ0) is 13.9. The molecule has 0 fully saturated rings. The third-order valence-corrected chi connectivity index (χ3v) is 3.79. The SMILES string of the molecule is CCOC(=O)c1cnn(C(C)CC)c1S(=O)(=O)Cl. The molecule has 1 heterocycles. The van der Waals surface area contributed by atoms with E-state index in [0.717, 1.165) is 0 Å². The Balaban J connectivity index is 3.38. The monoisotopic (exact) mass is 294 g/mol. The van der Waals surface area contributed by atoms with Crippen molar-refractivity contribution in [2.75, 3.05) is 6.61 Å². The minimum Gasteiger partial charge on any atom is -0.462 e. The summed E-state index contributed by atoms with van der Waals surface area (Å²) in [6, 6.07) is -0.184. The maximum atomic E-state index is 11.6. The van der Waals surface area contributed by atoms with Gasteiger partial charge in [0, 0.05) is 10.7 Å². The van der Waals surface area contributed by atoms with Crippen LogP contribution in [0.2, 0.25) is 0 Å². The van der Waals surface area contributed by atoms with Crippen LogP contribution in [0.15, 0.2) is 11.2 Å². The maximum Gasteiger partial charge on any atom is 0.342 e. The molecule has 0 saturated heterocycles. The summed E-state index contributed by atoms with van der Waals surface area (Å²) in [6.07, 6.45) is 1.82. The van der Waals surface area contributed by atoms with Crippen LogP contribution < -0.4 is 0 Å². The molecular formula is C10H15ClN2O4S. The Morgan fingerprint density at radius 1 is 1.56 bits per heavy atom. The standard InChI is InChI=1S/C10H15ClN2O4S/c1-4-7(3)13-9(18(11,15)16)8(6-12-13)10(14)17-5-2/h6-7H,4-5H2,1-3H3. The fraction of sp³-hybridized carbons (Fsp3) is 0.600. The van der Waals surface area contributed by atoms with Crippen LogP contribution in [0.25, 0.3) is 0 Å². The molecule has 18 heavy (non-hydrogen) atoms. The summed E-state index contributed by atoms with van der Waals surface area (Å²) in [7, 11) is 1.29. The van der Waals surface area contributed by atoms with Gasteiger partial charge in [-0.1, -0.05) is 6.92 Å². The summed E-state index contributed by atoms with van der Waals surface area (Å²) in [5, 5.41) is 3.60. The number of hydrogen-bond acceptors (Lipinski definition) is 5. The normalized spacial score (nSPS) is 13.3. The van der Waals surface area contributed by atoms with Crippen molar-refractivity contribution in [2.45, 2.75) is 38.3 Å². The molecule has 6 nitrogen and oxygen atoms in total. The van der Waals surface area contributed by atoms with Gasteiger partial charge in [0.2, 0.25) is 0 Å². The van der Waals surface area contributed by atoms with Gasteiger partial charge in [-0.3, -0.25) is 0 Å². The van der Waals surface area contributed by atoms with E-state index in [9.17, 15) is 13.2 Å². The van der Waals surface area contributed by atoms with Crippen molar-refractivity contribution < 1.29 is 17.9 Å². The van der Waals surface area contributed by atoms with Gasteiger partial charge >= 0.3 is 5.97 Å². The Bertz CT molecular complexity index is 538. The number of carbonyl (C=O) groups is 1. The number of esters is 1. The highest BCUT2D eigenvalue weighted by molar-refractivity contribution is 8.13. The predicted molar refractivity (Wildman–Crippen MR) is 66.2 cm³/mol. The molecule has 1 aromatic heterocycles. The Labute approximate surface area is 110 Å². The van der Waals surface area contributed by atoms with Gasteiger partial charge in [0.1, 0.15) is 5.56 Å². The van der Waals surface area contributed by atoms with Crippen molar-refractivity contribution in [2.24, 2.45) is 0 Å². The van der Waals surface area contributed by atoms with Crippen LogP contribution >= 0.6 is 10.7 Å². The van der Waals surface area contributed by atoms with E-state index in [1.165, 1.54) is 10.9 Å². The Morgan fingerprint density at radius 3 is 2.61 bits per heavy atom. The number of hydrogen-bond donors (Lipinski definition) is 0. The second kappa shape index (κ2) is 5.71. The van der Waals surface area contributed by atoms with E-state index in [0.29, 0.717) is 6.42 Å². The zero-order valence-electron chi connectivity index (χ0n) is 10.4. The van der Waals surface area contributed by atoms with E-state index in [4.69, 9.17) is 15.4 Å². The Morgan fingerprint density at radius 2 is 2.17 bits per heavy atom. The molecule has 0 aromatic carbocycles. The molecular weight excluding hydrogens is 280 g/mol. The highest BCUT2D eigenvalue weighted by Crippen LogP contribution is 2.25. The van der Waals surface area contributed by atoms with Gasteiger partial charge in [0.15, 0.2) is 5.03 Å². The van der Waals surface area contributed by atoms with Gasteiger partial charge in [-0.05, 0) is 20.3 Å². The molecule has 8 heteroatoms. The molecule has 1 atom stereocenters. The van der Waals surface area contributed by atoms with Gasteiger partial charge in [-0.25, -0.2) is 17.9 Å². The van der Waals surface area contributed by atoms with E-state index in [2.05, 4.69) is 5.10 Å². The molecule has 0 N–H and O–H groups in total. The minimum atomic E-state index is -4.07. The lowest BCUT2D eigenvalue weighted by atomic mass is 10.3. The van der Waals surface area contributed by atoms with E-state index in [1.54, 1.807) is 13.8 Å². The summed E-state index contributed by atoms with van der Waals surface area (Å²) < 4.78 is 29.1. The molecule has 0 bridgehead atoms. The van der Waals surface area contributed by atoms with Crippen LogP contribution in [0.4, 0.5) is 0 Å². The number of halogens is 1. The van der Waals surface area contributed by atoms with E-state index >= 15 is 0 Å². The Kier molecular flexibility index (Phi) is 4.75. The third-order valence-electron chi connectivity index (χ3n) is 2.48. The van der Waals surface area contributed by atoms with Gasteiger partial charge in [-0.15, -0.1) is 0 Å². The number of aromatic nitrogens is 2. The van der Waals surface area contributed by atoms with Crippen molar-refractivity contribution in [1.29, 1.82) is 0 Å². The molecule has 0 saturated carbocycles. The first-order valence-electron chi connectivity index (χ1n) is 5.52. The van der Waals surface area contributed by atoms with Gasteiger partial charge in [-0.2, -0.15) is 5.10 Å². The summed E-state index contributed by atoms with van der Waals surface area (Å²) in [5.74, 6) is -0.744. The van der Waals surface area contributed by atoms with Crippen molar-refractivity contribution in [3.63, 3.8) is 0 Å². The summed E-state index contributed by atoms with van der Waals surface area (Å²) in [6.45, 7) is 5.44. The lowest BCUT2D eigenvalue weighted by Crippen LogP contribution is -2.15. The average Bonchev–Trinajstić information content (AvgIpc) is 2.72.